The van der Waals surface area contributed by atoms with Gasteiger partial charge in [-0.1, -0.05) is 27.7 Å². The summed E-state index contributed by atoms with van der Waals surface area (Å²) in [5, 5.41) is 3.97. The molecule has 1 heterocycles. The minimum Gasteiger partial charge on any atom is -0.453 e. The Kier molecular flexibility index (Phi) is 4.88. The molecule has 3 heteroatoms. The highest BCUT2D eigenvalue weighted by atomic mass is 35.5. The predicted molar refractivity (Wildman–Crippen MR) is 68.8 cm³/mol. The first-order valence-electron chi connectivity index (χ1n) is 5.90. The Hall–Kier alpha value is -0.470. The molecule has 0 radical (unpaired) electrons. The van der Waals surface area contributed by atoms with Crippen LogP contribution in [0.1, 0.15) is 52.1 Å². The van der Waals surface area contributed by atoms with E-state index in [-0.39, 0.29) is 0 Å². The third-order valence-corrected chi connectivity index (χ3v) is 2.96. The Bertz CT molecular complexity index is 314. The second kappa shape index (κ2) is 5.74. The maximum atomic E-state index is 6.01. The molecular formula is C13H22ClNO. The van der Waals surface area contributed by atoms with Crippen LogP contribution >= 0.6 is 11.6 Å². The van der Waals surface area contributed by atoms with Crippen molar-refractivity contribution in [3.63, 3.8) is 0 Å². The van der Waals surface area contributed by atoms with Crippen molar-refractivity contribution >= 4 is 11.6 Å². The smallest absolute Gasteiger partial charge is 0.197 e. The van der Waals surface area contributed by atoms with Crippen LogP contribution in [0.15, 0.2) is 16.7 Å². The molecule has 0 amide bonds. The number of rotatable bonds is 5. The zero-order valence-corrected chi connectivity index (χ0v) is 11.4. The number of halogens is 1. The summed E-state index contributed by atoms with van der Waals surface area (Å²) in [4.78, 5) is 0. The fourth-order valence-electron chi connectivity index (χ4n) is 1.75. The first-order chi connectivity index (χ1) is 7.44. The molecular weight excluding hydrogens is 222 g/mol. The molecule has 1 rings (SSSR count). The van der Waals surface area contributed by atoms with Gasteiger partial charge in [0.05, 0.1) is 6.26 Å². The molecule has 1 aromatic rings. The molecule has 1 atom stereocenters. The van der Waals surface area contributed by atoms with E-state index in [0.717, 1.165) is 24.9 Å². The highest BCUT2D eigenvalue weighted by molar-refractivity contribution is 6.29. The lowest BCUT2D eigenvalue weighted by atomic mass is 9.87. The van der Waals surface area contributed by atoms with Gasteiger partial charge < -0.3 is 9.73 Å². The maximum Gasteiger partial charge on any atom is 0.197 e. The quantitative estimate of drug-likeness (QED) is 0.829. The van der Waals surface area contributed by atoms with E-state index in [2.05, 4.69) is 33.0 Å². The third kappa shape index (κ3) is 4.18. The van der Waals surface area contributed by atoms with Crippen LogP contribution in [0.3, 0.4) is 0 Å². The van der Waals surface area contributed by atoms with Crippen LogP contribution in [-0.2, 0) is 0 Å². The molecule has 0 fully saturated rings. The highest BCUT2D eigenvalue weighted by Gasteiger charge is 2.19. The summed E-state index contributed by atoms with van der Waals surface area (Å²) < 4.78 is 5.15. The average Bonchev–Trinajstić information content (AvgIpc) is 2.57. The van der Waals surface area contributed by atoms with Gasteiger partial charge >= 0.3 is 0 Å². The number of nitrogens with one attached hydrogen (secondary N) is 1. The highest BCUT2D eigenvalue weighted by Crippen LogP contribution is 2.31. The molecule has 1 unspecified atom stereocenters. The molecule has 0 aromatic carbocycles. The molecule has 0 saturated carbocycles. The van der Waals surface area contributed by atoms with Crippen LogP contribution in [0.5, 0.6) is 0 Å². The van der Waals surface area contributed by atoms with Gasteiger partial charge in [0, 0.05) is 11.6 Å². The average molecular weight is 244 g/mol. The predicted octanol–water partition coefficient (Wildman–Crippen LogP) is 4.41. The van der Waals surface area contributed by atoms with Crippen molar-refractivity contribution < 1.29 is 4.42 Å². The Morgan fingerprint density at radius 1 is 1.44 bits per heavy atom. The SMILES string of the molecule is CCNC(CCC(C)(C)C)c1ccoc1Cl. The summed E-state index contributed by atoms with van der Waals surface area (Å²) in [5.41, 5.74) is 1.43. The molecule has 1 N–H and O–H groups in total. The van der Waals surface area contributed by atoms with Crippen molar-refractivity contribution in [2.45, 2.75) is 46.6 Å². The standard InChI is InChI=1S/C13H22ClNO/c1-5-15-11(6-8-13(2,3)4)10-7-9-16-12(10)14/h7,9,11,15H,5-6,8H2,1-4H3. The second-order valence-electron chi connectivity index (χ2n) is 5.36. The lowest BCUT2D eigenvalue weighted by Crippen LogP contribution is -2.22. The fourth-order valence-corrected chi connectivity index (χ4v) is 1.99. The van der Waals surface area contributed by atoms with Gasteiger partial charge in [0.1, 0.15) is 0 Å². The van der Waals surface area contributed by atoms with Crippen molar-refractivity contribution in [3.05, 3.63) is 23.1 Å². The number of furan rings is 1. The first-order valence-corrected chi connectivity index (χ1v) is 6.28. The van der Waals surface area contributed by atoms with Crippen LogP contribution in [0, 0.1) is 5.41 Å². The zero-order chi connectivity index (χ0) is 12.2. The molecule has 0 aliphatic carbocycles. The molecule has 16 heavy (non-hydrogen) atoms. The van der Waals surface area contributed by atoms with E-state index >= 15 is 0 Å². The molecule has 1 aromatic heterocycles. The Morgan fingerprint density at radius 3 is 2.56 bits per heavy atom. The number of hydrogen-bond donors (Lipinski definition) is 1. The van der Waals surface area contributed by atoms with E-state index < -0.39 is 0 Å². The van der Waals surface area contributed by atoms with Gasteiger partial charge in [-0.3, -0.25) is 0 Å². The van der Waals surface area contributed by atoms with Gasteiger partial charge in [-0.2, -0.15) is 0 Å². The second-order valence-corrected chi connectivity index (χ2v) is 5.70. The van der Waals surface area contributed by atoms with E-state index in [9.17, 15) is 0 Å². The van der Waals surface area contributed by atoms with Crippen LogP contribution in [0.4, 0.5) is 0 Å². The lowest BCUT2D eigenvalue weighted by molar-refractivity contribution is 0.333. The van der Waals surface area contributed by atoms with Gasteiger partial charge in [-0.05, 0) is 42.5 Å². The van der Waals surface area contributed by atoms with Gasteiger partial charge in [0.15, 0.2) is 5.22 Å². The fraction of sp³-hybridized carbons (Fsp3) is 0.692. The van der Waals surface area contributed by atoms with Crippen LogP contribution < -0.4 is 5.32 Å². The Labute approximate surface area is 103 Å². The van der Waals surface area contributed by atoms with E-state index in [4.69, 9.17) is 16.0 Å². The van der Waals surface area contributed by atoms with Crippen LogP contribution in [-0.4, -0.2) is 6.54 Å². The van der Waals surface area contributed by atoms with Crippen molar-refractivity contribution in [1.82, 2.24) is 5.32 Å². The Morgan fingerprint density at radius 2 is 2.12 bits per heavy atom. The monoisotopic (exact) mass is 243 g/mol. The summed E-state index contributed by atoms with van der Waals surface area (Å²) in [6.45, 7) is 9.82. The molecule has 0 bridgehead atoms. The molecule has 0 spiro atoms. The van der Waals surface area contributed by atoms with Crippen LogP contribution in [0.25, 0.3) is 0 Å². The maximum absolute atomic E-state index is 6.01. The van der Waals surface area contributed by atoms with Crippen LogP contribution in [0.2, 0.25) is 5.22 Å². The van der Waals surface area contributed by atoms with Crippen molar-refractivity contribution in [2.75, 3.05) is 6.54 Å². The minimum atomic E-state index is 0.301. The normalized spacial score (nSPS) is 14.1. The molecule has 92 valence electrons. The van der Waals surface area contributed by atoms with Gasteiger partial charge in [-0.25, -0.2) is 0 Å². The van der Waals surface area contributed by atoms with E-state index in [1.807, 2.05) is 6.07 Å². The van der Waals surface area contributed by atoms with Gasteiger partial charge in [0.2, 0.25) is 0 Å². The summed E-state index contributed by atoms with van der Waals surface area (Å²) in [6.07, 6.45) is 3.89. The van der Waals surface area contributed by atoms with Crippen molar-refractivity contribution in [3.8, 4) is 0 Å². The van der Waals surface area contributed by atoms with Gasteiger partial charge in [-0.15, -0.1) is 0 Å². The van der Waals surface area contributed by atoms with Crippen molar-refractivity contribution in [2.24, 2.45) is 5.41 Å². The molecule has 0 aliphatic rings. The zero-order valence-electron chi connectivity index (χ0n) is 10.6. The molecule has 2 nitrogen and oxygen atoms in total. The molecule has 0 saturated heterocycles. The Balaban J connectivity index is 2.65. The van der Waals surface area contributed by atoms with E-state index in [0.29, 0.717) is 16.7 Å². The van der Waals surface area contributed by atoms with Gasteiger partial charge in [0.25, 0.3) is 0 Å². The first kappa shape index (κ1) is 13.6. The van der Waals surface area contributed by atoms with E-state index in [1.165, 1.54) is 0 Å². The lowest BCUT2D eigenvalue weighted by Gasteiger charge is -2.23. The summed E-state index contributed by atoms with van der Waals surface area (Å²) in [5.74, 6) is 0. The van der Waals surface area contributed by atoms with Crippen molar-refractivity contribution in [1.29, 1.82) is 0 Å². The van der Waals surface area contributed by atoms with E-state index in [1.54, 1.807) is 6.26 Å². The summed E-state index contributed by atoms with van der Waals surface area (Å²) in [7, 11) is 0. The topological polar surface area (TPSA) is 25.2 Å². The molecule has 0 aliphatic heterocycles. The summed E-state index contributed by atoms with van der Waals surface area (Å²) in [6, 6.07) is 2.26. The number of hydrogen-bond acceptors (Lipinski definition) is 2. The largest absolute Gasteiger partial charge is 0.453 e. The minimum absolute atomic E-state index is 0.301. The third-order valence-electron chi connectivity index (χ3n) is 2.66. The summed E-state index contributed by atoms with van der Waals surface area (Å²) >= 11 is 6.01.